The molecule has 24 heavy (non-hydrogen) atoms. The number of hydrogen-bond acceptors (Lipinski definition) is 5. The number of aryl methyl sites for hydroxylation is 1. The SMILES string of the molecule is CCn1cnnc1CNC1C[C@H]2CC[C@@H](C1)N2C(=O)OC(C)(C)C. The van der Waals surface area contributed by atoms with Crippen LogP contribution < -0.4 is 5.32 Å². The van der Waals surface area contributed by atoms with Gasteiger partial charge in [0.1, 0.15) is 17.8 Å². The van der Waals surface area contributed by atoms with Crippen LogP contribution in [0.1, 0.15) is 59.2 Å². The van der Waals surface area contributed by atoms with Gasteiger partial charge in [0, 0.05) is 24.7 Å². The molecule has 1 aromatic rings. The van der Waals surface area contributed by atoms with E-state index in [1.54, 1.807) is 6.33 Å². The molecule has 2 aliphatic heterocycles. The molecule has 1 aromatic heterocycles. The summed E-state index contributed by atoms with van der Waals surface area (Å²) in [6.07, 6.45) is 5.73. The van der Waals surface area contributed by atoms with E-state index in [2.05, 4.69) is 27.0 Å². The fraction of sp³-hybridized carbons (Fsp3) is 0.824. The summed E-state index contributed by atoms with van der Waals surface area (Å²) in [5, 5.41) is 11.8. The number of piperidine rings is 1. The third-order valence-corrected chi connectivity index (χ3v) is 4.92. The molecule has 134 valence electrons. The molecule has 3 rings (SSSR count). The van der Waals surface area contributed by atoms with Crippen LogP contribution in [0, 0.1) is 0 Å². The van der Waals surface area contributed by atoms with Crippen LogP contribution in [0.25, 0.3) is 0 Å². The number of carbonyl (C=O) groups is 1. The van der Waals surface area contributed by atoms with E-state index in [0.717, 1.165) is 44.6 Å². The summed E-state index contributed by atoms with van der Waals surface area (Å²) in [7, 11) is 0. The Balaban J connectivity index is 1.56. The molecule has 1 N–H and O–H groups in total. The first-order valence-electron chi connectivity index (χ1n) is 8.98. The van der Waals surface area contributed by atoms with Crippen LogP contribution in [0.2, 0.25) is 0 Å². The van der Waals surface area contributed by atoms with Crippen molar-refractivity contribution in [2.45, 2.75) is 90.2 Å². The molecular weight excluding hydrogens is 306 g/mol. The number of hydrogen-bond donors (Lipinski definition) is 1. The highest BCUT2D eigenvalue weighted by molar-refractivity contribution is 5.69. The smallest absolute Gasteiger partial charge is 0.410 e. The van der Waals surface area contributed by atoms with E-state index in [4.69, 9.17) is 4.74 Å². The van der Waals surface area contributed by atoms with Gasteiger partial charge in [-0.3, -0.25) is 0 Å². The monoisotopic (exact) mass is 335 g/mol. The van der Waals surface area contributed by atoms with Crippen molar-refractivity contribution in [3.05, 3.63) is 12.2 Å². The summed E-state index contributed by atoms with van der Waals surface area (Å²) in [5.41, 5.74) is -0.435. The molecule has 7 nitrogen and oxygen atoms in total. The Labute approximate surface area is 143 Å². The van der Waals surface area contributed by atoms with E-state index in [-0.39, 0.29) is 6.09 Å². The number of rotatable bonds is 4. The average Bonchev–Trinajstić information content (AvgIpc) is 3.05. The van der Waals surface area contributed by atoms with Crippen molar-refractivity contribution in [2.24, 2.45) is 0 Å². The highest BCUT2D eigenvalue weighted by Crippen LogP contribution is 2.36. The lowest BCUT2D eigenvalue weighted by atomic mass is 9.97. The fourth-order valence-corrected chi connectivity index (χ4v) is 3.87. The van der Waals surface area contributed by atoms with E-state index in [1.807, 2.05) is 25.7 Å². The Kier molecular flexibility index (Phi) is 4.80. The predicted molar refractivity (Wildman–Crippen MR) is 90.4 cm³/mol. The molecule has 0 spiro atoms. The molecule has 3 heterocycles. The Morgan fingerprint density at radius 2 is 2.00 bits per heavy atom. The molecule has 1 unspecified atom stereocenters. The topological polar surface area (TPSA) is 72.3 Å². The molecule has 2 aliphatic rings. The molecular formula is C17H29N5O2. The van der Waals surface area contributed by atoms with Crippen molar-refractivity contribution < 1.29 is 9.53 Å². The molecule has 0 aromatic carbocycles. The van der Waals surface area contributed by atoms with Crippen molar-refractivity contribution in [1.82, 2.24) is 25.0 Å². The lowest BCUT2D eigenvalue weighted by Gasteiger charge is -2.39. The zero-order chi connectivity index (χ0) is 17.3. The third-order valence-electron chi connectivity index (χ3n) is 4.92. The van der Waals surface area contributed by atoms with Crippen LogP contribution in [0.5, 0.6) is 0 Å². The maximum atomic E-state index is 12.5. The quantitative estimate of drug-likeness (QED) is 0.914. The van der Waals surface area contributed by atoms with Gasteiger partial charge in [-0.1, -0.05) is 0 Å². The Morgan fingerprint density at radius 3 is 2.58 bits per heavy atom. The number of nitrogens with one attached hydrogen (secondary N) is 1. The Hall–Kier alpha value is -1.63. The number of carbonyl (C=O) groups excluding carboxylic acids is 1. The van der Waals surface area contributed by atoms with E-state index in [9.17, 15) is 4.79 Å². The first-order valence-corrected chi connectivity index (χ1v) is 8.98. The minimum atomic E-state index is -0.435. The molecule has 7 heteroatoms. The van der Waals surface area contributed by atoms with Gasteiger partial charge in [-0.25, -0.2) is 4.79 Å². The predicted octanol–water partition coefficient (Wildman–Crippen LogP) is 2.32. The van der Waals surface area contributed by atoms with Gasteiger partial charge in [0.15, 0.2) is 0 Å². The second-order valence-corrected chi connectivity index (χ2v) is 7.86. The van der Waals surface area contributed by atoms with Gasteiger partial charge in [0.25, 0.3) is 0 Å². The normalized spacial score (nSPS) is 26.7. The second kappa shape index (κ2) is 6.70. The van der Waals surface area contributed by atoms with Gasteiger partial charge in [-0.05, 0) is 53.4 Å². The summed E-state index contributed by atoms with van der Waals surface area (Å²) in [6, 6.07) is 1.00. The average molecular weight is 335 g/mol. The zero-order valence-electron chi connectivity index (χ0n) is 15.2. The third kappa shape index (κ3) is 3.71. The second-order valence-electron chi connectivity index (χ2n) is 7.86. The number of aromatic nitrogens is 3. The summed E-state index contributed by atoms with van der Waals surface area (Å²) in [4.78, 5) is 14.5. The van der Waals surface area contributed by atoms with Crippen molar-refractivity contribution in [2.75, 3.05) is 0 Å². The summed E-state index contributed by atoms with van der Waals surface area (Å²) >= 11 is 0. The number of amides is 1. The lowest BCUT2D eigenvalue weighted by molar-refractivity contribution is 0.00462. The van der Waals surface area contributed by atoms with Crippen molar-refractivity contribution in [1.29, 1.82) is 0 Å². The maximum Gasteiger partial charge on any atom is 0.410 e. The van der Waals surface area contributed by atoms with Gasteiger partial charge in [-0.15, -0.1) is 10.2 Å². The maximum absolute atomic E-state index is 12.5. The van der Waals surface area contributed by atoms with Crippen molar-refractivity contribution >= 4 is 6.09 Å². The van der Waals surface area contributed by atoms with E-state index < -0.39 is 5.60 Å². The van der Waals surface area contributed by atoms with Gasteiger partial charge in [-0.2, -0.15) is 0 Å². The van der Waals surface area contributed by atoms with Crippen molar-refractivity contribution in [3.8, 4) is 0 Å². The van der Waals surface area contributed by atoms with E-state index in [0.29, 0.717) is 18.1 Å². The zero-order valence-corrected chi connectivity index (χ0v) is 15.2. The number of nitrogens with zero attached hydrogens (tertiary/aromatic N) is 4. The molecule has 1 amide bonds. The number of fused-ring (bicyclic) bond motifs is 2. The molecule has 0 saturated carbocycles. The van der Waals surface area contributed by atoms with Crippen molar-refractivity contribution in [3.63, 3.8) is 0 Å². The van der Waals surface area contributed by atoms with E-state index in [1.165, 1.54) is 0 Å². The van der Waals surface area contributed by atoms with Gasteiger partial charge >= 0.3 is 6.09 Å². The molecule has 0 aliphatic carbocycles. The van der Waals surface area contributed by atoms with Gasteiger partial charge in [0.05, 0.1) is 6.54 Å². The Bertz CT molecular complexity index is 566. The highest BCUT2D eigenvalue weighted by Gasteiger charge is 2.44. The van der Waals surface area contributed by atoms with Crippen LogP contribution in [0.4, 0.5) is 4.79 Å². The first kappa shape index (κ1) is 17.2. The standard InChI is InChI=1S/C17H29N5O2/c1-5-21-11-19-20-15(21)10-18-12-8-13-6-7-14(9-12)22(13)16(23)24-17(2,3)4/h11-14,18H,5-10H2,1-4H3/t12?,13-,14+. The lowest BCUT2D eigenvalue weighted by Crippen LogP contribution is -2.52. The molecule has 0 radical (unpaired) electrons. The van der Waals surface area contributed by atoms with Crippen LogP contribution in [-0.4, -0.2) is 49.5 Å². The van der Waals surface area contributed by atoms with Crippen LogP contribution >= 0.6 is 0 Å². The summed E-state index contributed by atoms with van der Waals surface area (Å²) in [5.74, 6) is 0.972. The fourth-order valence-electron chi connectivity index (χ4n) is 3.87. The van der Waals surface area contributed by atoms with Crippen LogP contribution in [-0.2, 0) is 17.8 Å². The minimum Gasteiger partial charge on any atom is -0.444 e. The first-order chi connectivity index (χ1) is 11.4. The molecule has 3 atom stereocenters. The highest BCUT2D eigenvalue weighted by atomic mass is 16.6. The van der Waals surface area contributed by atoms with Gasteiger partial charge in [0.2, 0.25) is 0 Å². The summed E-state index contributed by atoms with van der Waals surface area (Å²) < 4.78 is 7.64. The summed E-state index contributed by atoms with van der Waals surface area (Å²) in [6.45, 7) is 9.46. The van der Waals surface area contributed by atoms with Crippen LogP contribution in [0.15, 0.2) is 6.33 Å². The minimum absolute atomic E-state index is 0.154. The molecule has 2 bridgehead atoms. The molecule has 2 saturated heterocycles. The van der Waals surface area contributed by atoms with Gasteiger partial charge < -0.3 is 19.5 Å². The number of ether oxygens (including phenoxy) is 1. The molecule has 2 fully saturated rings. The van der Waals surface area contributed by atoms with E-state index >= 15 is 0 Å². The van der Waals surface area contributed by atoms with Crippen LogP contribution in [0.3, 0.4) is 0 Å². The Morgan fingerprint density at radius 1 is 1.33 bits per heavy atom. The largest absolute Gasteiger partial charge is 0.444 e.